The molecule has 88 valence electrons. The first-order valence-corrected chi connectivity index (χ1v) is 4.27. The van der Waals surface area contributed by atoms with Crippen LogP contribution in [0, 0.1) is 0 Å². The molecule has 4 nitrogen and oxygen atoms in total. The normalized spacial score (nSPS) is 11.2. The van der Waals surface area contributed by atoms with Crippen molar-refractivity contribution in [1.29, 1.82) is 0 Å². The van der Waals surface area contributed by atoms with Crippen LogP contribution in [0.1, 0.15) is 10.4 Å². The monoisotopic (exact) mass is 234 g/mol. The van der Waals surface area contributed by atoms with Crippen LogP contribution in [-0.4, -0.2) is 35.8 Å². The smallest absolute Gasteiger partial charge is 0.405 e. The van der Waals surface area contributed by atoms with Gasteiger partial charge in [0.15, 0.2) is 0 Å². The lowest BCUT2D eigenvalue weighted by Crippen LogP contribution is -2.32. The summed E-state index contributed by atoms with van der Waals surface area (Å²) < 4.78 is 36.3. The van der Waals surface area contributed by atoms with Crippen LogP contribution in [0.15, 0.2) is 18.3 Å². The Morgan fingerprint density at radius 3 is 2.69 bits per heavy atom. The summed E-state index contributed by atoms with van der Waals surface area (Å²) in [4.78, 5) is 15.1. The zero-order valence-electron chi connectivity index (χ0n) is 8.32. The van der Waals surface area contributed by atoms with Gasteiger partial charge in [0.25, 0.3) is 0 Å². The molecule has 0 fully saturated rings. The van der Waals surface area contributed by atoms with E-state index in [4.69, 9.17) is 5.11 Å². The number of halogens is 3. The molecule has 0 saturated heterocycles. The lowest BCUT2D eigenvalue weighted by Gasteiger charge is -2.20. The van der Waals surface area contributed by atoms with Gasteiger partial charge in [-0.1, -0.05) is 0 Å². The first kappa shape index (κ1) is 12.3. The third-order valence-electron chi connectivity index (χ3n) is 1.80. The van der Waals surface area contributed by atoms with E-state index in [1.807, 2.05) is 0 Å². The molecule has 7 heteroatoms. The molecule has 0 aliphatic carbocycles. The van der Waals surface area contributed by atoms with E-state index in [1.165, 1.54) is 18.3 Å². The minimum absolute atomic E-state index is 0.202. The summed E-state index contributed by atoms with van der Waals surface area (Å²) >= 11 is 0. The molecule has 0 spiro atoms. The van der Waals surface area contributed by atoms with E-state index in [1.54, 1.807) is 0 Å². The maximum Gasteiger partial charge on any atom is 0.405 e. The quantitative estimate of drug-likeness (QED) is 0.866. The van der Waals surface area contributed by atoms with Crippen molar-refractivity contribution in [3.8, 4) is 0 Å². The van der Waals surface area contributed by atoms with E-state index in [-0.39, 0.29) is 11.4 Å². The number of carboxylic acid groups (broad SMARTS) is 1. The molecule has 1 aromatic rings. The molecular formula is C9H9F3N2O2. The maximum absolute atomic E-state index is 12.1. The van der Waals surface area contributed by atoms with Gasteiger partial charge >= 0.3 is 12.1 Å². The van der Waals surface area contributed by atoms with Gasteiger partial charge in [0, 0.05) is 13.2 Å². The Hall–Kier alpha value is -1.79. The SMILES string of the molecule is CN(CC(F)(F)F)c1ncccc1C(=O)O. The Kier molecular flexibility index (Phi) is 3.36. The number of pyridine rings is 1. The Morgan fingerprint density at radius 1 is 1.56 bits per heavy atom. The highest BCUT2D eigenvalue weighted by Crippen LogP contribution is 2.21. The van der Waals surface area contributed by atoms with Gasteiger partial charge in [0.2, 0.25) is 0 Å². The second-order valence-electron chi connectivity index (χ2n) is 3.15. The number of aromatic nitrogens is 1. The van der Waals surface area contributed by atoms with Gasteiger partial charge in [-0.2, -0.15) is 13.2 Å². The van der Waals surface area contributed by atoms with Crippen molar-refractivity contribution in [2.75, 3.05) is 18.5 Å². The number of hydrogen-bond donors (Lipinski definition) is 1. The second kappa shape index (κ2) is 4.38. The third kappa shape index (κ3) is 3.11. The Labute approximate surface area is 89.3 Å². The van der Waals surface area contributed by atoms with Crippen molar-refractivity contribution in [2.45, 2.75) is 6.18 Å². The predicted molar refractivity (Wildman–Crippen MR) is 50.5 cm³/mol. The molecule has 1 heterocycles. The summed E-state index contributed by atoms with van der Waals surface area (Å²) in [5.41, 5.74) is -0.255. The van der Waals surface area contributed by atoms with Gasteiger partial charge < -0.3 is 10.0 Å². The number of anilines is 1. The summed E-state index contributed by atoms with van der Waals surface area (Å²) in [6.07, 6.45) is -3.16. The summed E-state index contributed by atoms with van der Waals surface area (Å²) in [5.74, 6) is -1.51. The molecule has 0 amide bonds. The standard InChI is InChI=1S/C9H9F3N2O2/c1-14(5-9(10,11)12)7-6(8(15)16)3-2-4-13-7/h2-4H,5H2,1H3,(H,15,16). The molecule has 0 radical (unpaired) electrons. The molecular weight excluding hydrogens is 225 g/mol. The van der Waals surface area contributed by atoms with Crippen molar-refractivity contribution < 1.29 is 23.1 Å². The fraction of sp³-hybridized carbons (Fsp3) is 0.333. The molecule has 0 aromatic carbocycles. The minimum atomic E-state index is -4.40. The number of hydrogen-bond acceptors (Lipinski definition) is 3. The average molecular weight is 234 g/mol. The fourth-order valence-corrected chi connectivity index (χ4v) is 1.21. The van der Waals surface area contributed by atoms with Crippen molar-refractivity contribution >= 4 is 11.8 Å². The summed E-state index contributed by atoms with van der Waals surface area (Å²) in [6, 6.07) is 2.56. The highest BCUT2D eigenvalue weighted by molar-refractivity contribution is 5.93. The van der Waals surface area contributed by atoms with Crippen molar-refractivity contribution in [2.24, 2.45) is 0 Å². The van der Waals surface area contributed by atoms with Gasteiger partial charge in [0.05, 0.1) is 0 Å². The van der Waals surface area contributed by atoms with E-state index >= 15 is 0 Å². The summed E-state index contributed by atoms with van der Waals surface area (Å²) in [7, 11) is 1.14. The summed E-state index contributed by atoms with van der Waals surface area (Å²) in [6.45, 7) is -1.25. The second-order valence-corrected chi connectivity index (χ2v) is 3.15. The lowest BCUT2D eigenvalue weighted by molar-refractivity contribution is -0.119. The highest BCUT2D eigenvalue weighted by atomic mass is 19.4. The van der Waals surface area contributed by atoms with Crippen molar-refractivity contribution in [3.63, 3.8) is 0 Å². The highest BCUT2D eigenvalue weighted by Gasteiger charge is 2.31. The van der Waals surface area contributed by atoms with Gasteiger partial charge in [-0.15, -0.1) is 0 Å². The zero-order valence-corrected chi connectivity index (χ0v) is 8.32. The van der Waals surface area contributed by atoms with Crippen LogP contribution in [0.2, 0.25) is 0 Å². The number of nitrogens with zero attached hydrogens (tertiary/aromatic N) is 2. The van der Waals surface area contributed by atoms with Gasteiger partial charge in [-0.05, 0) is 12.1 Å². The average Bonchev–Trinajstić information content (AvgIpc) is 2.15. The van der Waals surface area contributed by atoms with Crippen LogP contribution < -0.4 is 4.90 Å². The van der Waals surface area contributed by atoms with Crippen molar-refractivity contribution in [1.82, 2.24) is 4.98 Å². The van der Waals surface area contributed by atoms with E-state index in [9.17, 15) is 18.0 Å². The van der Waals surface area contributed by atoms with Gasteiger partial charge in [0.1, 0.15) is 17.9 Å². The Morgan fingerprint density at radius 2 is 2.19 bits per heavy atom. The molecule has 0 saturated carbocycles. The first-order chi connectivity index (χ1) is 7.31. The minimum Gasteiger partial charge on any atom is -0.478 e. The van der Waals surface area contributed by atoms with Gasteiger partial charge in [-0.3, -0.25) is 0 Å². The molecule has 0 bridgehead atoms. The van der Waals surface area contributed by atoms with E-state index in [0.29, 0.717) is 0 Å². The molecule has 0 aliphatic rings. The Balaban J connectivity index is 2.99. The molecule has 0 aliphatic heterocycles. The Bertz CT molecular complexity index is 393. The van der Waals surface area contributed by atoms with Crippen LogP contribution in [0.4, 0.5) is 19.0 Å². The van der Waals surface area contributed by atoms with Gasteiger partial charge in [-0.25, -0.2) is 9.78 Å². The molecule has 16 heavy (non-hydrogen) atoms. The first-order valence-electron chi connectivity index (χ1n) is 4.27. The van der Waals surface area contributed by atoms with Crippen LogP contribution >= 0.6 is 0 Å². The predicted octanol–water partition coefficient (Wildman–Crippen LogP) is 1.78. The molecule has 0 atom stereocenters. The number of carboxylic acids is 1. The lowest BCUT2D eigenvalue weighted by atomic mass is 10.2. The van der Waals surface area contributed by atoms with Crippen LogP contribution in [-0.2, 0) is 0 Å². The molecule has 1 N–H and O–H groups in total. The zero-order chi connectivity index (χ0) is 12.3. The molecule has 1 aromatic heterocycles. The van der Waals surface area contributed by atoms with Crippen LogP contribution in [0.3, 0.4) is 0 Å². The number of aromatic carboxylic acids is 1. The van der Waals surface area contributed by atoms with Crippen LogP contribution in [0.25, 0.3) is 0 Å². The van der Waals surface area contributed by atoms with E-state index < -0.39 is 18.7 Å². The van der Waals surface area contributed by atoms with E-state index in [2.05, 4.69) is 4.98 Å². The molecule has 0 unspecified atom stereocenters. The maximum atomic E-state index is 12.1. The number of rotatable bonds is 3. The number of alkyl halides is 3. The van der Waals surface area contributed by atoms with Crippen molar-refractivity contribution in [3.05, 3.63) is 23.9 Å². The molecule has 1 rings (SSSR count). The fourth-order valence-electron chi connectivity index (χ4n) is 1.21. The largest absolute Gasteiger partial charge is 0.478 e. The van der Waals surface area contributed by atoms with E-state index in [0.717, 1.165) is 11.9 Å². The number of carbonyl (C=O) groups is 1. The summed E-state index contributed by atoms with van der Waals surface area (Å²) in [5, 5.41) is 8.76. The topological polar surface area (TPSA) is 53.4 Å². The van der Waals surface area contributed by atoms with Crippen LogP contribution in [0.5, 0.6) is 0 Å². The third-order valence-corrected chi connectivity index (χ3v) is 1.80.